The molecule has 3 fully saturated rings. The molecule has 1 aliphatic carbocycles. The van der Waals surface area contributed by atoms with Crippen LogP contribution >= 0.6 is 0 Å². The summed E-state index contributed by atoms with van der Waals surface area (Å²) in [7, 11) is -0.957. The fourth-order valence-electron chi connectivity index (χ4n) is 3.80. The summed E-state index contributed by atoms with van der Waals surface area (Å²) in [4.78, 5) is 6.72. The summed E-state index contributed by atoms with van der Waals surface area (Å²) in [5, 5.41) is 3.39. The average molecular weight is 299 g/mol. The number of nitrogens with one attached hydrogen (secondary N) is 1. The Morgan fingerprint density at radius 3 is 2.70 bits per heavy atom. The minimum atomic E-state index is -2.78. The third-order valence-electron chi connectivity index (χ3n) is 5.24. The Bertz CT molecular complexity index is 497. The molecule has 3 rings (SSSR count). The number of guanidine groups is 1. The lowest BCUT2D eigenvalue weighted by atomic mass is 9.68. The Morgan fingerprint density at radius 1 is 1.40 bits per heavy atom. The Hall–Kier alpha value is -0.780. The molecule has 3 aliphatic rings. The van der Waals surface area contributed by atoms with E-state index >= 15 is 0 Å². The molecule has 2 saturated heterocycles. The molecule has 0 bridgehead atoms. The van der Waals surface area contributed by atoms with E-state index in [0.717, 1.165) is 32.0 Å². The van der Waals surface area contributed by atoms with Gasteiger partial charge in [-0.25, -0.2) is 8.42 Å². The fourth-order valence-corrected chi connectivity index (χ4v) is 5.66. The van der Waals surface area contributed by atoms with Crippen molar-refractivity contribution in [2.45, 2.75) is 32.1 Å². The summed E-state index contributed by atoms with van der Waals surface area (Å²) >= 11 is 0. The molecule has 1 N–H and O–H groups in total. The molecular weight excluding hydrogens is 274 g/mol. The van der Waals surface area contributed by atoms with Crippen molar-refractivity contribution in [2.24, 2.45) is 16.3 Å². The Morgan fingerprint density at radius 2 is 2.20 bits per heavy atom. The van der Waals surface area contributed by atoms with Crippen LogP contribution in [-0.4, -0.2) is 57.5 Å². The zero-order valence-electron chi connectivity index (χ0n) is 12.3. The number of aliphatic imine (C=N–C) groups is 1. The normalized spacial score (nSPS) is 31.6. The van der Waals surface area contributed by atoms with E-state index in [9.17, 15) is 8.42 Å². The van der Waals surface area contributed by atoms with Gasteiger partial charge in [0.25, 0.3) is 0 Å². The van der Waals surface area contributed by atoms with E-state index in [1.165, 1.54) is 25.7 Å². The smallest absolute Gasteiger partial charge is 0.193 e. The van der Waals surface area contributed by atoms with Crippen molar-refractivity contribution in [1.29, 1.82) is 0 Å². The zero-order chi connectivity index (χ0) is 14.2. The molecule has 2 heterocycles. The molecule has 0 aromatic heterocycles. The van der Waals surface area contributed by atoms with Crippen molar-refractivity contribution < 1.29 is 8.42 Å². The highest BCUT2D eigenvalue weighted by Gasteiger charge is 2.43. The SMILES string of the molecule is CN=C(NCC1CCS(=O)(=O)C1)N1CCC2(CCC2)C1. The molecule has 114 valence electrons. The first kappa shape index (κ1) is 14.2. The highest BCUT2D eigenvalue weighted by molar-refractivity contribution is 7.91. The fraction of sp³-hybridized carbons (Fsp3) is 0.929. The van der Waals surface area contributed by atoms with Crippen LogP contribution in [0.5, 0.6) is 0 Å². The summed E-state index contributed by atoms with van der Waals surface area (Å²) in [5.74, 6) is 1.89. The quantitative estimate of drug-likeness (QED) is 0.607. The van der Waals surface area contributed by atoms with Crippen molar-refractivity contribution in [2.75, 3.05) is 38.2 Å². The Labute approximate surface area is 121 Å². The third kappa shape index (κ3) is 2.80. The molecule has 5 nitrogen and oxygen atoms in total. The second-order valence-corrected chi connectivity index (χ2v) is 8.95. The predicted octanol–water partition coefficient (Wildman–Crippen LogP) is 0.873. The molecule has 6 heteroatoms. The highest BCUT2D eigenvalue weighted by Crippen LogP contribution is 2.47. The monoisotopic (exact) mass is 299 g/mol. The lowest BCUT2D eigenvalue weighted by molar-refractivity contribution is 0.151. The number of likely N-dealkylation sites (tertiary alicyclic amines) is 1. The van der Waals surface area contributed by atoms with E-state index in [1.54, 1.807) is 0 Å². The third-order valence-corrected chi connectivity index (χ3v) is 7.08. The summed E-state index contributed by atoms with van der Waals surface area (Å²) in [5.41, 5.74) is 0.564. The molecule has 1 saturated carbocycles. The van der Waals surface area contributed by atoms with Crippen molar-refractivity contribution in [1.82, 2.24) is 10.2 Å². The van der Waals surface area contributed by atoms with Gasteiger partial charge in [-0.2, -0.15) is 0 Å². The molecular formula is C14H25N3O2S. The number of sulfone groups is 1. The van der Waals surface area contributed by atoms with Gasteiger partial charge in [-0.1, -0.05) is 6.42 Å². The van der Waals surface area contributed by atoms with Gasteiger partial charge in [-0.05, 0) is 37.0 Å². The van der Waals surface area contributed by atoms with Crippen LogP contribution in [0, 0.1) is 11.3 Å². The van der Waals surface area contributed by atoms with Crippen LogP contribution in [0.25, 0.3) is 0 Å². The van der Waals surface area contributed by atoms with E-state index in [0.29, 0.717) is 16.9 Å². The van der Waals surface area contributed by atoms with Crippen molar-refractivity contribution >= 4 is 15.8 Å². The van der Waals surface area contributed by atoms with Crippen molar-refractivity contribution in [3.63, 3.8) is 0 Å². The van der Waals surface area contributed by atoms with Gasteiger partial charge in [0.15, 0.2) is 15.8 Å². The van der Waals surface area contributed by atoms with Gasteiger partial charge in [-0.3, -0.25) is 4.99 Å². The number of hydrogen-bond acceptors (Lipinski definition) is 3. The standard InChI is InChI=1S/C14H25N3O2S/c1-15-13(16-9-12-3-8-20(18,19)10-12)17-7-6-14(11-17)4-2-5-14/h12H,2-11H2,1H3,(H,15,16). The molecule has 0 aromatic rings. The molecule has 20 heavy (non-hydrogen) atoms. The van der Waals surface area contributed by atoms with Crippen LogP contribution < -0.4 is 5.32 Å². The zero-order valence-corrected chi connectivity index (χ0v) is 13.1. The lowest BCUT2D eigenvalue weighted by Crippen LogP contribution is -2.44. The van der Waals surface area contributed by atoms with E-state index in [4.69, 9.17) is 0 Å². The predicted molar refractivity (Wildman–Crippen MR) is 80.6 cm³/mol. The second kappa shape index (κ2) is 5.20. The van der Waals surface area contributed by atoms with Crippen LogP contribution in [0.4, 0.5) is 0 Å². The average Bonchev–Trinajstić information content (AvgIpc) is 2.94. The van der Waals surface area contributed by atoms with Crippen LogP contribution in [0.3, 0.4) is 0 Å². The number of rotatable bonds is 2. The van der Waals surface area contributed by atoms with Crippen LogP contribution in [-0.2, 0) is 9.84 Å². The molecule has 0 amide bonds. The highest BCUT2D eigenvalue weighted by atomic mass is 32.2. The van der Waals surface area contributed by atoms with Crippen LogP contribution in [0.15, 0.2) is 4.99 Å². The van der Waals surface area contributed by atoms with E-state index in [2.05, 4.69) is 15.2 Å². The molecule has 0 radical (unpaired) electrons. The maximum atomic E-state index is 11.5. The first-order valence-corrected chi connectivity index (χ1v) is 9.50. The summed E-state index contributed by atoms with van der Waals surface area (Å²) in [6.45, 7) is 2.94. The lowest BCUT2D eigenvalue weighted by Gasteiger charge is -2.38. The van der Waals surface area contributed by atoms with Crippen molar-refractivity contribution in [3.8, 4) is 0 Å². The maximum absolute atomic E-state index is 11.5. The summed E-state index contributed by atoms with van der Waals surface area (Å²) in [6, 6.07) is 0. The summed E-state index contributed by atoms with van der Waals surface area (Å²) in [6.07, 6.45) is 6.17. The van der Waals surface area contributed by atoms with Crippen LogP contribution in [0.2, 0.25) is 0 Å². The molecule has 2 aliphatic heterocycles. The van der Waals surface area contributed by atoms with Gasteiger partial charge < -0.3 is 10.2 Å². The number of hydrogen-bond donors (Lipinski definition) is 1. The maximum Gasteiger partial charge on any atom is 0.193 e. The molecule has 1 spiro atoms. The van der Waals surface area contributed by atoms with E-state index in [-0.39, 0.29) is 5.92 Å². The van der Waals surface area contributed by atoms with E-state index < -0.39 is 9.84 Å². The minimum Gasteiger partial charge on any atom is -0.356 e. The Balaban J connectivity index is 1.51. The number of nitrogens with zero attached hydrogens (tertiary/aromatic N) is 2. The van der Waals surface area contributed by atoms with Gasteiger partial charge in [-0.15, -0.1) is 0 Å². The van der Waals surface area contributed by atoms with Crippen molar-refractivity contribution in [3.05, 3.63) is 0 Å². The second-order valence-electron chi connectivity index (χ2n) is 6.72. The molecule has 1 atom stereocenters. The van der Waals surface area contributed by atoms with Crippen LogP contribution in [0.1, 0.15) is 32.1 Å². The van der Waals surface area contributed by atoms with E-state index in [1.807, 2.05) is 7.05 Å². The molecule has 0 aromatic carbocycles. The van der Waals surface area contributed by atoms with Gasteiger partial charge in [0.05, 0.1) is 11.5 Å². The molecule has 1 unspecified atom stereocenters. The van der Waals surface area contributed by atoms with Gasteiger partial charge in [0.1, 0.15) is 0 Å². The van der Waals surface area contributed by atoms with Gasteiger partial charge >= 0.3 is 0 Å². The first-order chi connectivity index (χ1) is 9.52. The summed E-state index contributed by atoms with van der Waals surface area (Å²) < 4.78 is 22.9. The Kier molecular flexibility index (Phi) is 3.69. The van der Waals surface area contributed by atoms with Gasteiger partial charge in [0, 0.05) is 26.7 Å². The first-order valence-electron chi connectivity index (χ1n) is 7.68. The largest absolute Gasteiger partial charge is 0.356 e. The topological polar surface area (TPSA) is 61.8 Å². The minimum absolute atomic E-state index is 0.247. The van der Waals surface area contributed by atoms with Gasteiger partial charge in [0.2, 0.25) is 0 Å².